The third-order valence-corrected chi connectivity index (χ3v) is 2.06. The molecule has 18 heavy (non-hydrogen) atoms. The van der Waals surface area contributed by atoms with Gasteiger partial charge in [0.05, 0.1) is 11.3 Å². The van der Waals surface area contributed by atoms with E-state index in [4.69, 9.17) is 10.8 Å². The van der Waals surface area contributed by atoms with Crippen LogP contribution < -0.4 is 5.73 Å². The number of nitrogens with two attached hydrogens (primary N) is 1. The van der Waals surface area contributed by atoms with Gasteiger partial charge in [-0.1, -0.05) is 0 Å². The summed E-state index contributed by atoms with van der Waals surface area (Å²) in [4.78, 5) is 13.6. The molecule has 0 radical (unpaired) electrons. The number of aromatic carboxylic acids is 1. The van der Waals surface area contributed by atoms with Gasteiger partial charge in [0.25, 0.3) is 6.43 Å². The van der Waals surface area contributed by atoms with Crippen LogP contribution in [0.25, 0.3) is 0 Å². The Morgan fingerprint density at radius 1 is 1.44 bits per heavy atom. The van der Waals surface area contributed by atoms with Crippen molar-refractivity contribution in [1.82, 2.24) is 4.98 Å². The lowest BCUT2D eigenvalue weighted by molar-refractivity contribution is -0.143. The number of halogens is 5. The summed E-state index contributed by atoms with van der Waals surface area (Å²) in [5.41, 5.74) is 0.393. The minimum atomic E-state index is -5.10. The Morgan fingerprint density at radius 2 is 2.00 bits per heavy atom. The number of nitrogens with zero attached hydrogens (tertiary/aromatic N) is 1. The maximum Gasteiger partial charge on any atom is 0.433 e. The second-order valence-electron chi connectivity index (χ2n) is 3.23. The molecule has 0 aliphatic carbocycles. The van der Waals surface area contributed by atoms with E-state index in [2.05, 4.69) is 4.98 Å². The SMILES string of the molecule is NCc1nc(C(F)(F)F)c(C(F)F)cc1C(=O)O. The Bertz CT molecular complexity index is 473. The number of alkyl halides is 5. The standard InChI is InChI=1S/C9H7F5N2O2/c10-7(11)4-1-3(8(17)18)5(2-15)16-6(4)9(12,13)14/h1,7H,2,15H2,(H,17,18). The van der Waals surface area contributed by atoms with Gasteiger partial charge in [-0.2, -0.15) is 13.2 Å². The maximum atomic E-state index is 12.5. The third kappa shape index (κ3) is 2.73. The van der Waals surface area contributed by atoms with Crippen molar-refractivity contribution in [3.8, 4) is 0 Å². The summed E-state index contributed by atoms with van der Waals surface area (Å²) in [6.45, 7) is -0.603. The number of carboxylic acids is 1. The summed E-state index contributed by atoms with van der Waals surface area (Å²) in [5, 5.41) is 8.67. The molecule has 4 nitrogen and oxygen atoms in total. The lowest BCUT2D eigenvalue weighted by Gasteiger charge is -2.14. The minimum Gasteiger partial charge on any atom is -0.478 e. The smallest absolute Gasteiger partial charge is 0.433 e. The van der Waals surface area contributed by atoms with E-state index in [0.717, 1.165) is 0 Å². The van der Waals surface area contributed by atoms with Crippen molar-refractivity contribution in [2.24, 2.45) is 5.73 Å². The van der Waals surface area contributed by atoms with Crippen molar-refractivity contribution < 1.29 is 31.9 Å². The minimum absolute atomic E-state index is 0.255. The van der Waals surface area contributed by atoms with E-state index in [-0.39, 0.29) is 6.07 Å². The fourth-order valence-electron chi connectivity index (χ4n) is 1.30. The number of rotatable bonds is 3. The van der Waals surface area contributed by atoms with E-state index in [9.17, 15) is 26.7 Å². The lowest BCUT2D eigenvalue weighted by Crippen LogP contribution is -2.18. The molecule has 0 aliphatic rings. The summed E-state index contributed by atoms with van der Waals surface area (Å²) in [5.74, 6) is -1.67. The van der Waals surface area contributed by atoms with Gasteiger partial charge in [-0.15, -0.1) is 0 Å². The maximum absolute atomic E-state index is 12.5. The number of carbonyl (C=O) groups is 1. The van der Waals surface area contributed by atoms with E-state index >= 15 is 0 Å². The highest BCUT2D eigenvalue weighted by Crippen LogP contribution is 2.35. The Labute approximate surface area is 97.2 Å². The van der Waals surface area contributed by atoms with Gasteiger partial charge in [0, 0.05) is 12.1 Å². The van der Waals surface area contributed by atoms with Crippen LogP contribution in [0.5, 0.6) is 0 Å². The number of hydrogen-bond acceptors (Lipinski definition) is 3. The highest BCUT2D eigenvalue weighted by molar-refractivity contribution is 5.89. The number of hydrogen-bond donors (Lipinski definition) is 2. The summed E-state index contributed by atoms with van der Waals surface area (Å²) >= 11 is 0. The van der Waals surface area contributed by atoms with Gasteiger partial charge in [-0.05, 0) is 6.07 Å². The Hall–Kier alpha value is -1.77. The first-order valence-corrected chi connectivity index (χ1v) is 4.51. The molecule has 0 unspecified atom stereocenters. The monoisotopic (exact) mass is 270 g/mol. The van der Waals surface area contributed by atoms with E-state index in [1.165, 1.54) is 0 Å². The lowest BCUT2D eigenvalue weighted by atomic mass is 10.1. The zero-order valence-electron chi connectivity index (χ0n) is 8.63. The first kappa shape index (κ1) is 14.3. The molecule has 9 heteroatoms. The van der Waals surface area contributed by atoms with Crippen LogP contribution in [0.4, 0.5) is 22.0 Å². The van der Waals surface area contributed by atoms with E-state index in [1.54, 1.807) is 0 Å². The molecule has 3 N–H and O–H groups in total. The Kier molecular flexibility index (Phi) is 3.85. The highest BCUT2D eigenvalue weighted by atomic mass is 19.4. The molecule has 100 valence electrons. The molecule has 0 bridgehead atoms. The first-order chi connectivity index (χ1) is 8.18. The van der Waals surface area contributed by atoms with Crippen LogP contribution in [0.1, 0.15) is 33.7 Å². The van der Waals surface area contributed by atoms with Crippen LogP contribution in [-0.4, -0.2) is 16.1 Å². The van der Waals surface area contributed by atoms with E-state index < -0.39 is 47.6 Å². The average Bonchev–Trinajstić information content (AvgIpc) is 2.25. The third-order valence-electron chi connectivity index (χ3n) is 2.06. The van der Waals surface area contributed by atoms with Crippen LogP contribution in [0.2, 0.25) is 0 Å². The molecule has 1 aromatic heterocycles. The molecule has 0 saturated carbocycles. The van der Waals surface area contributed by atoms with E-state index in [0.29, 0.717) is 0 Å². The van der Waals surface area contributed by atoms with Gasteiger partial charge >= 0.3 is 12.1 Å². The van der Waals surface area contributed by atoms with Crippen molar-refractivity contribution in [2.45, 2.75) is 19.1 Å². The molecule has 1 aromatic rings. The van der Waals surface area contributed by atoms with Gasteiger partial charge in [-0.25, -0.2) is 18.6 Å². The summed E-state index contributed by atoms with van der Waals surface area (Å²) in [7, 11) is 0. The molecule has 0 saturated heterocycles. The fraction of sp³-hybridized carbons (Fsp3) is 0.333. The molecule has 1 heterocycles. The number of carboxylic acid groups (broad SMARTS) is 1. The normalized spacial score (nSPS) is 11.9. The molecule has 0 atom stereocenters. The molecule has 0 aromatic carbocycles. The molecule has 0 fully saturated rings. The van der Waals surface area contributed by atoms with Gasteiger partial charge in [0.2, 0.25) is 0 Å². The van der Waals surface area contributed by atoms with Gasteiger partial charge in [0.1, 0.15) is 0 Å². The molecule has 1 rings (SSSR count). The van der Waals surface area contributed by atoms with Crippen LogP contribution in [0.15, 0.2) is 6.07 Å². The first-order valence-electron chi connectivity index (χ1n) is 4.51. The molecule has 0 spiro atoms. The van der Waals surface area contributed by atoms with Crippen molar-refractivity contribution in [3.05, 3.63) is 28.6 Å². The predicted octanol–water partition coefficient (Wildman–Crippen LogP) is 2.19. The Balaban J connectivity index is 3.57. The molecular formula is C9H7F5N2O2. The summed E-state index contributed by atoms with van der Waals surface area (Å²) in [6.07, 6.45) is -8.59. The largest absolute Gasteiger partial charge is 0.478 e. The van der Waals surface area contributed by atoms with E-state index in [1.807, 2.05) is 0 Å². The van der Waals surface area contributed by atoms with Crippen molar-refractivity contribution >= 4 is 5.97 Å². The van der Waals surface area contributed by atoms with Crippen molar-refractivity contribution in [3.63, 3.8) is 0 Å². The van der Waals surface area contributed by atoms with Crippen LogP contribution >= 0.6 is 0 Å². The number of aromatic nitrogens is 1. The van der Waals surface area contributed by atoms with Crippen LogP contribution in [0.3, 0.4) is 0 Å². The van der Waals surface area contributed by atoms with Crippen LogP contribution in [0, 0.1) is 0 Å². The highest BCUT2D eigenvalue weighted by Gasteiger charge is 2.39. The summed E-state index contributed by atoms with van der Waals surface area (Å²) < 4.78 is 62.4. The molecule has 0 amide bonds. The Morgan fingerprint density at radius 3 is 2.33 bits per heavy atom. The zero-order chi connectivity index (χ0) is 14.1. The van der Waals surface area contributed by atoms with Gasteiger partial charge in [0.15, 0.2) is 5.69 Å². The van der Waals surface area contributed by atoms with Crippen molar-refractivity contribution in [1.29, 1.82) is 0 Å². The second-order valence-corrected chi connectivity index (χ2v) is 3.23. The number of pyridine rings is 1. The average molecular weight is 270 g/mol. The topological polar surface area (TPSA) is 76.2 Å². The fourth-order valence-corrected chi connectivity index (χ4v) is 1.30. The molecule has 0 aliphatic heterocycles. The van der Waals surface area contributed by atoms with Crippen LogP contribution in [-0.2, 0) is 12.7 Å². The summed E-state index contributed by atoms with van der Waals surface area (Å²) in [6, 6.07) is 0.255. The molecular weight excluding hydrogens is 263 g/mol. The van der Waals surface area contributed by atoms with Gasteiger partial charge in [-0.3, -0.25) is 0 Å². The predicted molar refractivity (Wildman–Crippen MR) is 49.0 cm³/mol. The van der Waals surface area contributed by atoms with Crippen molar-refractivity contribution in [2.75, 3.05) is 0 Å². The van der Waals surface area contributed by atoms with Gasteiger partial charge < -0.3 is 10.8 Å². The quantitative estimate of drug-likeness (QED) is 0.825. The zero-order valence-corrected chi connectivity index (χ0v) is 8.63. The second kappa shape index (κ2) is 4.84.